The van der Waals surface area contributed by atoms with E-state index in [2.05, 4.69) is 16.6 Å². The van der Waals surface area contributed by atoms with Gasteiger partial charge in [0.2, 0.25) is 17.7 Å². The fraction of sp³-hybridized carbons (Fsp3) is 0.400. The Morgan fingerprint density at radius 2 is 1.72 bits per heavy atom. The van der Waals surface area contributed by atoms with Crippen LogP contribution in [0.1, 0.15) is 63.3 Å². The number of carbonyl (C=O) groups excluding carboxylic acids is 4. The van der Waals surface area contributed by atoms with Crippen molar-refractivity contribution in [3.8, 4) is 12.3 Å². The van der Waals surface area contributed by atoms with E-state index in [0.717, 1.165) is 5.56 Å². The summed E-state index contributed by atoms with van der Waals surface area (Å²) in [5.74, 6) is 0.842. The number of rotatable bonds is 10. The Morgan fingerprint density at radius 1 is 1.10 bits per heavy atom. The number of nitrogens with zero attached hydrogens (tertiary/aromatic N) is 1. The Kier molecular flexibility index (Phi) is 9.36. The molecule has 0 spiro atoms. The zero-order valence-electron chi connectivity index (χ0n) is 22.8. The third kappa shape index (κ3) is 8.08. The highest BCUT2D eigenvalue weighted by Gasteiger charge is 2.48. The van der Waals surface area contributed by atoms with E-state index in [-0.39, 0.29) is 18.5 Å². The molecule has 4 amide bonds. The third-order valence-corrected chi connectivity index (χ3v) is 6.32. The van der Waals surface area contributed by atoms with E-state index in [0.29, 0.717) is 17.5 Å². The van der Waals surface area contributed by atoms with Gasteiger partial charge in [0.1, 0.15) is 17.7 Å². The molecule has 0 aliphatic heterocycles. The highest BCUT2D eigenvalue weighted by Crippen LogP contribution is 2.41. The number of carbonyl (C=O) groups is 4. The summed E-state index contributed by atoms with van der Waals surface area (Å²) in [5.41, 5.74) is 6.42. The minimum Gasteiger partial charge on any atom is -0.444 e. The van der Waals surface area contributed by atoms with E-state index in [9.17, 15) is 19.2 Å². The topological polar surface area (TPSA) is 131 Å². The fourth-order valence-corrected chi connectivity index (χ4v) is 4.37. The second-order valence-corrected chi connectivity index (χ2v) is 10.7. The quantitative estimate of drug-likeness (QED) is 0.405. The first-order valence-electron chi connectivity index (χ1n) is 12.9. The fourth-order valence-electron chi connectivity index (χ4n) is 4.37. The largest absolute Gasteiger partial charge is 0.444 e. The summed E-state index contributed by atoms with van der Waals surface area (Å²) in [7, 11) is 0. The van der Waals surface area contributed by atoms with Crippen molar-refractivity contribution in [1.82, 2.24) is 15.5 Å². The van der Waals surface area contributed by atoms with Crippen molar-refractivity contribution < 1.29 is 23.9 Å². The van der Waals surface area contributed by atoms with Crippen LogP contribution >= 0.6 is 0 Å². The van der Waals surface area contributed by atoms with E-state index < -0.39 is 47.9 Å². The molecule has 1 aliphatic rings. The molecule has 9 nitrogen and oxygen atoms in total. The molecule has 0 heterocycles. The lowest BCUT2D eigenvalue weighted by molar-refractivity contribution is -0.144. The lowest BCUT2D eigenvalue weighted by atomic mass is 9.96. The molecule has 0 saturated heterocycles. The van der Waals surface area contributed by atoms with Crippen LogP contribution in [0, 0.1) is 18.3 Å². The molecule has 1 aliphatic carbocycles. The molecular formula is C30H36N4O5. The average Bonchev–Trinajstić information content (AvgIpc) is 3.59. The molecule has 0 radical (unpaired) electrons. The van der Waals surface area contributed by atoms with Gasteiger partial charge in [0.15, 0.2) is 0 Å². The van der Waals surface area contributed by atoms with Crippen LogP contribution in [0.5, 0.6) is 0 Å². The molecule has 3 rings (SSSR count). The van der Waals surface area contributed by atoms with Crippen molar-refractivity contribution in [2.24, 2.45) is 11.7 Å². The number of amides is 4. The molecule has 39 heavy (non-hydrogen) atoms. The summed E-state index contributed by atoms with van der Waals surface area (Å²) in [6, 6.07) is 13.5. The normalized spacial score (nSPS) is 17.6. The van der Waals surface area contributed by atoms with Gasteiger partial charge in [0.05, 0.1) is 6.42 Å². The van der Waals surface area contributed by atoms with Crippen LogP contribution in [0.4, 0.5) is 4.79 Å². The lowest BCUT2D eigenvalue weighted by Gasteiger charge is -2.35. The number of nitrogens with two attached hydrogens (primary N) is 1. The highest BCUT2D eigenvalue weighted by atomic mass is 16.6. The molecule has 4 N–H and O–H groups in total. The number of primary amides is 1. The third-order valence-electron chi connectivity index (χ3n) is 6.32. The SMILES string of the molecule is C#Cc1ccccc1C(C(=O)NCc1ccccc1)N(C(=O)C(CC(N)=O)NC(=O)OC(C)(C)C)C1CC1C. The summed E-state index contributed by atoms with van der Waals surface area (Å²) in [4.78, 5) is 53.9. The van der Waals surface area contributed by atoms with Gasteiger partial charge in [-0.3, -0.25) is 14.4 Å². The number of benzene rings is 2. The molecular weight excluding hydrogens is 496 g/mol. The molecule has 9 heteroatoms. The number of nitrogens with one attached hydrogen (secondary N) is 2. The molecule has 4 unspecified atom stereocenters. The van der Waals surface area contributed by atoms with Gasteiger partial charge in [-0.05, 0) is 50.3 Å². The Hall–Kier alpha value is -4.32. The zero-order chi connectivity index (χ0) is 28.7. The van der Waals surface area contributed by atoms with Crippen LogP contribution < -0.4 is 16.4 Å². The molecule has 1 fully saturated rings. The van der Waals surface area contributed by atoms with Gasteiger partial charge in [-0.2, -0.15) is 0 Å². The van der Waals surface area contributed by atoms with Crippen LogP contribution in [-0.4, -0.2) is 46.4 Å². The predicted octanol–water partition coefficient (Wildman–Crippen LogP) is 3.03. The monoisotopic (exact) mass is 532 g/mol. The average molecular weight is 533 g/mol. The Morgan fingerprint density at radius 3 is 2.28 bits per heavy atom. The molecule has 0 aromatic heterocycles. The number of hydrogen-bond acceptors (Lipinski definition) is 5. The van der Waals surface area contributed by atoms with Crippen LogP contribution in [0.25, 0.3) is 0 Å². The van der Waals surface area contributed by atoms with Crippen molar-refractivity contribution in [2.45, 2.75) is 70.8 Å². The molecule has 0 bridgehead atoms. The Labute approximate surface area is 229 Å². The summed E-state index contributed by atoms with van der Waals surface area (Å²) in [5, 5.41) is 5.42. The first-order chi connectivity index (χ1) is 18.4. The minimum absolute atomic E-state index is 0.0899. The van der Waals surface area contributed by atoms with E-state index in [1.54, 1.807) is 45.0 Å². The summed E-state index contributed by atoms with van der Waals surface area (Å²) < 4.78 is 5.31. The molecule has 2 aromatic rings. The van der Waals surface area contributed by atoms with Crippen LogP contribution in [0.15, 0.2) is 54.6 Å². The Balaban J connectivity index is 2.02. The first-order valence-corrected chi connectivity index (χ1v) is 12.9. The summed E-state index contributed by atoms with van der Waals surface area (Å²) in [6.07, 6.45) is 5.08. The molecule has 4 atom stereocenters. The van der Waals surface area contributed by atoms with E-state index in [1.165, 1.54) is 4.90 Å². The van der Waals surface area contributed by atoms with Gasteiger partial charge in [-0.25, -0.2) is 4.79 Å². The van der Waals surface area contributed by atoms with Crippen LogP contribution in [0.3, 0.4) is 0 Å². The highest BCUT2D eigenvalue weighted by molar-refractivity contribution is 5.95. The van der Waals surface area contributed by atoms with Crippen molar-refractivity contribution >= 4 is 23.8 Å². The number of alkyl carbamates (subject to hydrolysis) is 1. The molecule has 2 aromatic carbocycles. The van der Waals surface area contributed by atoms with Gasteiger partial charge in [0, 0.05) is 18.2 Å². The van der Waals surface area contributed by atoms with Crippen molar-refractivity contribution in [1.29, 1.82) is 0 Å². The second kappa shape index (κ2) is 12.5. The summed E-state index contributed by atoms with van der Waals surface area (Å²) >= 11 is 0. The van der Waals surface area contributed by atoms with Crippen molar-refractivity contribution in [2.75, 3.05) is 0 Å². The first kappa shape index (κ1) is 29.2. The standard InChI is InChI=1S/C30H36N4O5/c1-6-21-14-10-11-15-22(21)26(27(36)32-18-20-12-8-7-9-13-20)34(24-16-19(24)2)28(37)23(17-25(31)35)33-29(38)39-30(3,4)5/h1,7-15,19,23-24,26H,16-18H2,2-5H3,(H2,31,35)(H,32,36)(H,33,38). The maximum atomic E-state index is 14.1. The van der Waals surface area contributed by atoms with Crippen molar-refractivity contribution in [3.05, 3.63) is 71.3 Å². The number of ether oxygens (including phenoxy) is 1. The smallest absolute Gasteiger partial charge is 0.408 e. The zero-order valence-corrected chi connectivity index (χ0v) is 22.8. The maximum absolute atomic E-state index is 14.1. The van der Waals surface area contributed by atoms with Crippen LogP contribution in [-0.2, 0) is 25.7 Å². The molecule has 206 valence electrons. The van der Waals surface area contributed by atoms with Gasteiger partial charge in [0.25, 0.3) is 0 Å². The number of terminal acetylenes is 1. The maximum Gasteiger partial charge on any atom is 0.408 e. The van der Waals surface area contributed by atoms with Gasteiger partial charge < -0.3 is 26.0 Å². The lowest BCUT2D eigenvalue weighted by Crippen LogP contribution is -2.55. The second-order valence-electron chi connectivity index (χ2n) is 10.7. The van der Waals surface area contributed by atoms with Crippen LogP contribution in [0.2, 0.25) is 0 Å². The summed E-state index contributed by atoms with van der Waals surface area (Å²) in [6.45, 7) is 7.23. The van der Waals surface area contributed by atoms with Gasteiger partial charge in [-0.15, -0.1) is 6.42 Å². The van der Waals surface area contributed by atoms with E-state index in [4.69, 9.17) is 16.9 Å². The Bertz CT molecular complexity index is 1250. The minimum atomic E-state index is -1.34. The molecule has 1 saturated carbocycles. The number of hydrogen-bond donors (Lipinski definition) is 3. The van der Waals surface area contributed by atoms with Gasteiger partial charge in [-0.1, -0.05) is 61.4 Å². The van der Waals surface area contributed by atoms with E-state index >= 15 is 0 Å². The predicted molar refractivity (Wildman–Crippen MR) is 147 cm³/mol. The van der Waals surface area contributed by atoms with Gasteiger partial charge >= 0.3 is 6.09 Å². The van der Waals surface area contributed by atoms with E-state index in [1.807, 2.05) is 37.3 Å². The van der Waals surface area contributed by atoms with Crippen molar-refractivity contribution in [3.63, 3.8) is 0 Å².